The summed E-state index contributed by atoms with van der Waals surface area (Å²) in [6.45, 7) is 5.59. The van der Waals surface area contributed by atoms with Crippen LogP contribution in [0.2, 0.25) is 0 Å². The van der Waals surface area contributed by atoms with Gasteiger partial charge in [-0.25, -0.2) is 9.36 Å². The molecule has 8 heteroatoms. The number of hydrogen-bond donors (Lipinski definition) is 2. The Labute approximate surface area is 286 Å². The van der Waals surface area contributed by atoms with Crippen molar-refractivity contribution in [2.45, 2.75) is 219 Å². The summed E-state index contributed by atoms with van der Waals surface area (Å²) in [4.78, 5) is 12.6. The summed E-state index contributed by atoms with van der Waals surface area (Å²) in [7, 11) is -4.00. The van der Waals surface area contributed by atoms with Crippen LogP contribution in [0.1, 0.15) is 213 Å². The molecule has 0 radical (unpaired) electrons. The van der Waals surface area contributed by atoms with Crippen LogP contribution in [0.5, 0.6) is 0 Å². The van der Waals surface area contributed by atoms with Crippen molar-refractivity contribution < 1.29 is 22.9 Å². The number of phosphoric ester groups is 1. The third kappa shape index (κ3) is 32.1. The Kier molecular flexibility index (Phi) is 35.5. The molecule has 0 fully saturated rings. The zero-order valence-electron chi connectivity index (χ0n) is 30.8. The molecular formula is C38H79N2O5P. The molecule has 4 N–H and O–H groups in total. The minimum atomic E-state index is -4.00. The number of rotatable bonds is 38. The van der Waals surface area contributed by atoms with Gasteiger partial charge in [0, 0.05) is 0 Å². The van der Waals surface area contributed by atoms with Crippen molar-refractivity contribution in [3.05, 3.63) is 0 Å². The normalized spacial score (nSPS) is 12.5. The molecule has 0 spiro atoms. The first-order valence-electron chi connectivity index (χ1n) is 20.1. The smallest absolute Gasteiger partial charge is 0.369 e. The fraction of sp³-hybridized carbons (Fsp3) is 0.974. The maximum absolute atomic E-state index is 13.4. The summed E-state index contributed by atoms with van der Waals surface area (Å²) < 4.78 is 29.9. The molecule has 0 rings (SSSR count). The van der Waals surface area contributed by atoms with Crippen LogP contribution < -0.4 is 11.5 Å². The largest absolute Gasteiger partial charge is 0.532 e. The van der Waals surface area contributed by atoms with Gasteiger partial charge in [0.15, 0.2) is 0 Å². The molecule has 0 heterocycles. The average Bonchev–Trinajstić information content (AvgIpc) is 3.04. The van der Waals surface area contributed by atoms with E-state index in [1.165, 1.54) is 141 Å². The van der Waals surface area contributed by atoms with Gasteiger partial charge in [-0.05, 0) is 32.2 Å². The molecule has 0 aromatic heterocycles. The first-order valence-corrected chi connectivity index (χ1v) is 21.5. The van der Waals surface area contributed by atoms with E-state index in [9.17, 15) is 9.36 Å². The van der Waals surface area contributed by atoms with Crippen LogP contribution in [0, 0.1) is 0 Å². The van der Waals surface area contributed by atoms with E-state index >= 15 is 0 Å². The zero-order valence-corrected chi connectivity index (χ0v) is 31.7. The Hall–Kier alpha value is -0.460. The molecule has 46 heavy (non-hydrogen) atoms. The van der Waals surface area contributed by atoms with Gasteiger partial charge >= 0.3 is 13.8 Å². The zero-order chi connectivity index (χ0) is 33.8. The van der Waals surface area contributed by atoms with Crippen LogP contribution in [0.25, 0.3) is 0 Å². The van der Waals surface area contributed by atoms with Crippen molar-refractivity contribution in [1.82, 2.24) is 0 Å². The van der Waals surface area contributed by atoms with Gasteiger partial charge in [0.2, 0.25) is 0 Å². The molecule has 7 nitrogen and oxygen atoms in total. The van der Waals surface area contributed by atoms with Crippen LogP contribution in [-0.4, -0.2) is 31.8 Å². The lowest BCUT2D eigenvalue weighted by atomic mass is 10.0. The van der Waals surface area contributed by atoms with E-state index in [1.807, 2.05) is 0 Å². The summed E-state index contributed by atoms with van der Waals surface area (Å²) in [5.74, 6) is -0.720. The van der Waals surface area contributed by atoms with Gasteiger partial charge in [0.25, 0.3) is 0 Å². The third-order valence-electron chi connectivity index (χ3n) is 8.97. The van der Waals surface area contributed by atoms with Crippen LogP contribution >= 0.6 is 7.82 Å². The fourth-order valence-electron chi connectivity index (χ4n) is 5.84. The number of hydrogen-bond acceptors (Lipinski definition) is 7. The fourth-order valence-corrected chi connectivity index (χ4v) is 7.08. The van der Waals surface area contributed by atoms with E-state index < -0.39 is 19.8 Å². The number of unbranched alkanes of at least 4 members (excludes halogenated alkanes) is 27. The quantitative estimate of drug-likeness (QED) is 0.0495. The van der Waals surface area contributed by atoms with Gasteiger partial charge < -0.3 is 16.0 Å². The molecule has 0 bridgehead atoms. The average molecular weight is 675 g/mol. The van der Waals surface area contributed by atoms with Crippen molar-refractivity contribution in [3.8, 4) is 0 Å². The SMILES string of the molecule is CCCCCCCCCCCCCCCCOP(=O)(OCCCCCCCCCCCCCCCC)OC(=O)[C@@H](N)CCCCN. The second-order valence-electron chi connectivity index (χ2n) is 13.6. The molecular weight excluding hydrogens is 595 g/mol. The van der Waals surface area contributed by atoms with Crippen LogP contribution in [-0.2, 0) is 22.9 Å². The molecule has 1 atom stereocenters. The van der Waals surface area contributed by atoms with E-state index in [4.69, 9.17) is 25.0 Å². The van der Waals surface area contributed by atoms with Gasteiger partial charge in [0.1, 0.15) is 6.04 Å². The monoisotopic (exact) mass is 675 g/mol. The lowest BCUT2D eigenvalue weighted by Gasteiger charge is -2.19. The molecule has 276 valence electrons. The Morgan fingerprint density at radius 1 is 0.500 bits per heavy atom. The number of phosphoric acid groups is 1. The van der Waals surface area contributed by atoms with E-state index in [1.54, 1.807) is 0 Å². The molecule has 0 aromatic rings. The van der Waals surface area contributed by atoms with E-state index in [2.05, 4.69) is 13.8 Å². The molecule has 0 aliphatic heterocycles. The minimum absolute atomic E-state index is 0.254. The van der Waals surface area contributed by atoms with Crippen LogP contribution in [0.3, 0.4) is 0 Å². The van der Waals surface area contributed by atoms with Crippen molar-refractivity contribution in [2.24, 2.45) is 11.5 Å². The Balaban J connectivity index is 4.14. The highest BCUT2D eigenvalue weighted by molar-refractivity contribution is 7.49. The number of carbonyl (C=O) groups excluding carboxylic acids is 1. The van der Waals surface area contributed by atoms with Crippen molar-refractivity contribution in [2.75, 3.05) is 19.8 Å². The van der Waals surface area contributed by atoms with Gasteiger partial charge in [0.05, 0.1) is 13.2 Å². The van der Waals surface area contributed by atoms with Crippen molar-refractivity contribution in [1.29, 1.82) is 0 Å². The number of carbonyl (C=O) groups is 1. The van der Waals surface area contributed by atoms with Crippen LogP contribution in [0.4, 0.5) is 0 Å². The molecule has 0 saturated carbocycles. The maximum Gasteiger partial charge on any atom is 0.532 e. The molecule has 0 aliphatic carbocycles. The van der Waals surface area contributed by atoms with Gasteiger partial charge in [-0.2, -0.15) is 0 Å². The molecule has 0 unspecified atom stereocenters. The van der Waals surface area contributed by atoms with Crippen molar-refractivity contribution in [3.63, 3.8) is 0 Å². The molecule has 0 aromatic carbocycles. The highest BCUT2D eigenvalue weighted by atomic mass is 31.2. The van der Waals surface area contributed by atoms with Crippen LogP contribution in [0.15, 0.2) is 0 Å². The van der Waals surface area contributed by atoms with Crippen molar-refractivity contribution >= 4 is 13.8 Å². The lowest BCUT2D eigenvalue weighted by Crippen LogP contribution is -2.32. The maximum atomic E-state index is 13.4. The van der Waals surface area contributed by atoms with Gasteiger partial charge in [-0.1, -0.05) is 187 Å². The summed E-state index contributed by atoms with van der Waals surface area (Å²) in [6, 6.07) is -0.853. The Bertz CT molecular complexity index is 643. The highest BCUT2D eigenvalue weighted by Crippen LogP contribution is 2.50. The predicted octanol–water partition coefficient (Wildman–Crippen LogP) is 12.1. The summed E-state index contributed by atoms with van der Waals surface area (Å²) in [5, 5.41) is 0. The summed E-state index contributed by atoms with van der Waals surface area (Å²) >= 11 is 0. The molecule has 0 saturated heterocycles. The summed E-state index contributed by atoms with van der Waals surface area (Å²) in [5.41, 5.74) is 11.5. The van der Waals surface area contributed by atoms with Gasteiger partial charge in [-0.15, -0.1) is 0 Å². The molecule has 0 amide bonds. The topological polar surface area (TPSA) is 114 Å². The lowest BCUT2D eigenvalue weighted by molar-refractivity contribution is -0.138. The summed E-state index contributed by atoms with van der Waals surface area (Å²) in [6.07, 6.45) is 37.3. The van der Waals surface area contributed by atoms with E-state index in [0.717, 1.165) is 51.4 Å². The molecule has 0 aliphatic rings. The van der Waals surface area contributed by atoms with Gasteiger partial charge in [-0.3, -0.25) is 9.05 Å². The minimum Gasteiger partial charge on any atom is -0.369 e. The first-order chi connectivity index (χ1) is 22.5. The number of nitrogens with two attached hydrogens (primary N) is 2. The second kappa shape index (κ2) is 35.8. The Morgan fingerprint density at radius 3 is 1.11 bits per heavy atom. The van der Waals surface area contributed by atoms with E-state index in [-0.39, 0.29) is 13.2 Å². The highest BCUT2D eigenvalue weighted by Gasteiger charge is 2.33. The predicted molar refractivity (Wildman–Crippen MR) is 197 cm³/mol. The second-order valence-corrected chi connectivity index (χ2v) is 15.2. The van der Waals surface area contributed by atoms with E-state index in [0.29, 0.717) is 13.0 Å². The standard InChI is InChI=1S/C38H79N2O5P/c1-3-5-7-9-11-13-15-17-19-21-23-25-27-31-35-43-46(42,45-38(41)37(40)33-29-30-34-39)44-36-32-28-26-24-22-20-18-16-14-12-10-8-6-4-2/h37H,3-36,39-40H2,1-2H3/t37-/m0/s1. The Morgan fingerprint density at radius 2 is 0.804 bits per heavy atom. The first kappa shape index (κ1) is 45.5. The third-order valence-corrected chi connectivity index (χ3v) is 10.4.